The second-order valence-corrected chi connectivity index (χ2v) is 4.31. The minimum atomic E-state index is 0.846. The Kier molecular flexibility index (Phi) is 1.90. The second kappa shape index (κ2) is 2.76. The van der Waals surface area contributed by atoms with E-state index in [1.54, 1.807) is 0 Å². The van der Waals surface area contributed by atoms with Gasteiger partial charge in [-0.15, -0.1) is 0 Å². The van der Waals surface area contributed by atoms with Crippen molar-refractivity contribution in [2.45, 2.75) is 12.8 Å². The van der Waals surface area contributed by atoms with E-state index in [1.165, 1.54) is 25.9 Å². The highest BCUT2D eigenvalue weighted by Gasteiger charge is 2.38. The summed E-state index contributed by atoms with van der Waals surface area (Å²) in [5, 5.41) is 0. The van der Waals surface area contributed by atoms with Crippen molar-refractivity contribution in [1.82, 2.24) is 4.90 Å². The zero-order chi connectivity index (χ0) is 7.84. The molecule has 0 bridgehead atoms. The summed E-state index contributed by atoms with van der Waals surface area (Å²) in [7, 11) is 2.23. The number of nitrogens with two attached hydrogens (primary N) is 1. The van der Waals surface area contributed by atoms with Gasteiger partial charge in [0.15, 0.2) is 0 Å². The number of hydrogen-bond donors (Lipinski definition) is 1. The molecule has 64 valence electrons. The van der Waals surface area contributed by atoms with Gasteiger partial charge < -0.3 is 10.6 Å². The fraction of sp³-hybridized carbons (Fsp3) is 1.00. The predicted octanol–water partition coefficient (Wildman–Crippen LogP) is 0.533. The molecule has 2 N–H and O–H groups in total. The molecule has 2 atom stereocenters. The Balaban J connectivity index is 1.93. The van der Waals surface area contributed by atoms with Gasteiger partial charge >= 0.3 is 0 Å². The molecular formula is C9H18N2. The molecule has 0 aromatic heterocycles. The van der Waals surface area contributed by atoms with Crippen LogP contribution in [0.3, 0.4) is 0 Å². The highest BCUT2D eigenvalue weighted by molar-refractivity contribution is 4.91. The van der Waals surface area contributed by atoms with Crippen LogP contribution in [0.25, 0.3) is 0 Å². The Morgan fingerprint density at radius 2 is 1.82 bits per heavy atom. The lowest BCUT2D eigenvalue weighted by molar-refractivity contribution is 0.356. The van der Waals surface area contributed by atoms with Gasteiger partial charge in [-0.1, -0.05) is 0 Å². The van der Waals surface area contributed by atoms with Crippen molar-refractivity contribution in [1.29, 1.82) is 0 Å². The largest absolute Gasteiger partial charge is 0.330 e. The van der Waals surface area contributed by atoms with Gasteiger partial charge in [-0.05, 0) is 44.2 Å². The van der Waals surface area contributed by atoms with Crippen LogP contribution < -0.4 is 5.73 Å². The van der Waals surface area contributed by atoms with Gasteiger partial charge in [-0.25, -0.2) is 0 Å². The number of fused-ring (bicyclic) bond motifs is 1. The van der Waals surface area contributed by atoms with E-state index in [-0.39, 0.29) is 0 Å². The van der Waals surface area contributed by atoms with Gasteiger partial charge in [-0.2, -0.15) is 0 Å². The average Bonchev–Trinajstić information content (AvgIpc) is 2.43. The molecule has 0 aromatic carbocycles. The SMILES string of the molecule is CN1CC2CC(CN)CC2C1. The van der Waals surface area contributed by atoms with Crippen LogP contribution in [0.5, 0.6) is 0 Å². The number of nitrogens with zero attached hydrogens (tertiary/aromatic N) is 1. The third kappa shape index (κ3) is 1.30. The molecule has 2 nitrogen and oxygen atoms in total. The van der Waals surface area contributed by atoms with Crippen LogP contribution in [-0.4, -0.2) is 31.6 Å². The van der Waals surface area contributed by atoms with Crippen molar-refractivity contribution >= 4 is 0 Å². The van der Waals surface area contributed by atoms with Gasteiger partial charge in [0.2, 0.25) is 0 Å². The molecule has 1 aliphatic carbocycles. The third-order valence-electron chi connectivity index (χ3n) is 3.36. The second-order valence-electron chi connectivity index (χ2n) is 4.31. The molecule has 0 amide bonds. The number of likely N-dealkylation sites (tertiary alicyclic amines) is 1. The molecule has 2 heteroatoms. The maximum Gasteiger partial charge on any atom is 0.000996 e. The van der Waals surface area contributed by atoms with Crippen LogP contribution >= 0.6 is 0 Å². The normalized spacial score (nSPS) is 44.7. The lowest BCUT2D eigenvalue weighted by Crippen LogP contribution is -2.19. The summed E-state index contributed by atoms with van der Waals surface area (Å²) in [5.41, 5.74) is 5.66. The van der Waals surface area contributed by atoms with E-state index in [0.717, 1.165) is 24.3 Å². The molecule has 1 saturated carbocycles. The van der Waals surface area contributed by atoms with Crippen molar-refractivity contribution in [3.8, 4) is 0 Å². The van der Waals surface area contributed by atoms with Crippen LogP contribution in [0.4, 0.5) is 0 Å². The van der Waals surface area contributed by atoms with Crippen LogP contribution in [0.1, 0.15) is 12.8 Å². The van der Waals surface area contributed by atoms with E-state index in [4.69, 9.17) is 5.73 Å². The molecule has 11 heavy (non-hydrogen) atoms. The molecule has 2 unspecified atom stereocenters. The monoisotopic (exact) mass is 154 g/mol. The summed E-state index contributed by atoms with van der Waals surface area (Å²) >= 11 is 0. The Morgan fingerprint density at radius 1 is 1.27 bits per heavy atom. The first-order chi connectivity index (χ1) is 5.29. The predicted molar refractivity (Wildman–Crippen MR) is 46.3 cm³/mol. The highest BCUT2D eigenvalue weighted by atomic mass is 15.1. The van der Waals surface area contributed by atoms with Gasteiger partial charge in [0.25, 0.3) is 0 Å². The molecule has 1 aliphatic heterocycles. The summed E-state index contributed by atoms with van der Waals surface area (Å²) < 4.78 is 0. The number of hydrogen-bond acceptors (Lipinski definition) is 2. The minimum Gasteiger partial charge on any atom is -0.330 e. The summed E-state index contributed by atoms with van der Waals surface area (Å²) in [4.78, 5) is 2.46. The molecule has 0 radical (unpaired) electrons. The molecule has 2 aliphatic rings. The first-order valence-electron chi connectivity index (χ1n) is 4.68. The molecule has 2 rings (SSSR count). The van der Waals surface area contributed by atoms with Gasteiger partial charge in [0, 0.05) is 13.1 Å². The summed E-state index contributed by atoms with van der Waals surface area (Å²) in [6.07, 6.45) is 2.79. The van der Waals surface area contributed by atoms with Gasteiger partial charge in [-0.3, -0.25) is 0 Å². The average molecular weight is 154 g/mol. The first kappa shape index (κ1) is 7.56. The highest BCUT2D eigenvalue weighted by Crippen LogP contribution is 2.40. The molecular weight excluding hydrogens is 136 g/mol. The standard InChI is InChI=1S/C9H18N2/c1-11-5-8-2-7(4-10)3-9(8)6-11/h7-9H,2-6,10H2,1H3. The summed E-state index contributed by atoms with van der Waals surface area (Å²) in [6.45, 7) is 3.55. The Labute approximate surface area is 68.7 Å². The molecule has 0 aromatic rings. The smallest absolute Gasteiger partial charge is 0.000996 e. The maximum absolute atomic E-state index is 5.66. The zero-order valence-electron chi connectivity index (χ0n) is 7.29. The van der Waals surface area contributed by atoms with Crippen molar-refractivity contribution in [2.24, 2.45) is 23.5 Å². The topological polar surface area (TPSA) is 29.3 Å². The molecule has 1 heterocycles. The molecule has 0 spiro atoms. The molecule has 1 saturated heterocycles. The van der Waals surface area contributed by atoms with E-state index in [9.17, 15) is 0 Å². The molecule has 2 fully saturated rings. The van der Waals surface area contributed by atoms with Crippen molar-refractivity contribution in [3.05, 3.63) is 0 Å². The van der Waals surface area contributed by atoms with Crippen LogP contribution in [0.2, 0.25) is 0 Å². The van der Waals surface area contributed by atoms with E-state index in [0.29, 0.717) is 0 Å². The van der Waals surface area contributed by atoms with E-state index < -0.39 is 0 Å². The third-order valence-corrected chi connectivity index (χ3v) is 3.36. The lowest BCUT2D eigenvalue weighted by atomic mass is 10.0. The van der Waals surface area contributed by atoms with Gasteiger partial charge in [0.05, 0.1) is 0 Å². The minimum absolute atomic E-state index is 0.846. The first-order valence-corrected chi connectivity index (χ1v) is 4.68. The van der Waals surface area contributed by atoms with E-state index in [2.05, 4.69) is 11.9 Å². The van der Waals surface area contributed by atoms with Gasteiger partial charge in [0.1, 0.15) is 0 Å². The van der Waals surface area contributed by atoms with Crippen LogP contribution in [-0.2, 0) is 0 Å². The maximum atomic E-state index is 5.66. The van der Waals surface area contributed by atoms with Crippen molar-refractivity contribution in [3.63, 3.8) is 0 Å². The summed E-state index contributed by atoms with van der Waals surface area (Å²) in [5.74, 6) is 2.81. The Bertz CT molecular complexity index is 132. The fourth-order valence-corrected chi connectivity index (χ4v) is 2.85. The van der Waals surface area contributed by atoms with Crippen molar-refractivity contribution in [2.75, 3.05) is 26.7 Å². The van der Waals surface area contributed by atoms with E-state index in [1.807, 2.05) is 0 Å². The van der Waals surface area contributed by atoms with Crippen LogP contribution in [0, 0.1) is 17.8 Å². The lowest BCUT2D eigenvalue weighted by Gasteiger charge is -2.11. The fourth-order valence-electron chi connectivity index (χ4n) is 2.85. The quantitative estimate of drug-likeness (QED) is 0.597. The zero-order valence-corrected chi connectivity index (χ0v) is 7.29. The van der Waals surface area contributed by atoms with E-state index >= 15 is 0 Å². The summed E-state index contributed by atoms with van der Waals surface area (Å²) in [6, 6.07) is 0. The number of rotatable bonds is 1. The Morgan fingerprint density at radius 3 is 2.27 bits per heavy atom. The van der Waals surface area contributed by atoms with Crippen LogP contribution in [0.15, 0.2) is 0 Å². The Hall–Kier alpha value is -0.0800. The van der Waals surface area contributed by atoms with Crippen molar-refractivity contribution < 1.29 is 0 Å².